The van der Waals surface area contributed by atoms with Gasteiger partial charge in [-0.3, -0.25) is 4.79 Å². The monoisotopic (exact) mass is 460 g/mol. The number of methoxy groups -OCH3 is 1. The Balaban J connectivity index is 1.77. The highest BCUT2D eigenvalue weighted by molar-refractivity contribution is 7.87. The Labute approximate surface area is 182 Å². The summed E-state index contributed by atoms with van der Waals surface area (Å²) < 4.78 is 33.1. The van der Waals surface area contributed by atoms with Crippen molar-refractivity contribution in [3.05, 3.63) is 28.8 Å². The second-order valence-electron chi connectivity index (χ2n) is 7.09. The van der Waals surface area contributed by atoms with Crippen LogP contribution in [0, 0.1) is 5.92 Å². The summed E-state index contributed by atoms with van der Waals surface area (Å²) in [4.78, 5) is 24.0. The molecule has 1 fully saturated rings. The van der Waals surface area contributed by atoms with Crippen LogP contribution in [0.25, 0.3) is 0 Å². The molecule has 1 saturated heterocycles. The first-order valence-electron chi connectivity index (χ1n) is 9.94. The Kier molecular flexibility index (Phi) is 9.19. The molecule has 1 aliphatic heterocycles. The van der Waals surface area contributed by atoms with E-state index in [1.807, 2.05) is 11.6 Å². The fraction of sp³-hybridized carbons (Fsp3) is 0.579. The Bertz CT molecular complexity index is 841. The van der Waals surface area contributed by atoms with Crippen molar-refractivity contribution in [2.45, 2.75) is 32.6 Å². The summed E-state index contributed by atoms with van der Waals surface area (Å²) in [6.07, 6.45) is 2.77. The molecule has 1 aliphatic rings. The summed E-state index contributed by atoms with van der Waals surface area (Å²) >= 11 is 5.96. The van der Waals surface area contributed by atoms with Crippen molar-refractivity contribution in [3.63, 3.8) is 0 Å². The normalized spacial score (nSPS) is 15.4. The number of carbonyl (C=O) groups is 2. The van der Waals surface area contributed by atoms with Crippen LogP contribution in [0.15, 0.2) is 18.2 Å². The number of nitrogens with zero attached hydrogens (tertiary/aromatic N) is 1. The third kappa shape index (κ3) is 7.03. The Morgan fingerprint density at radius 3 is 2.53 bits per heavy atom. The highest BCUT2D eigenvalue weighted by Gasteiger charge is 2.29. The van der Waals surface area contributed by atoms with E-state index in [2.05, 4.69) is 10.6 Å². The zero-order valence-electron chi connectivity index (χ0n) is 17.2. The molecule has 0 radical (unpaired) electrons. The molecule has 0 bridgehead atoms. The molecule has 0 spiro atoms. The van der Waals surface area contributed by atoms with E-state index in [0.29, 0.717) is 55.4 Å². The van der Waals surface area contributed by atoms with Gasteiger partial charge in [0.2, 0.25) is 0 Å². The van der Waals surface area contributed by atoms with Gasteiger partial charge in [-0.05, 0) is 49.8 Å². The molecule has 0 aromatic heterocycles. The number of nitrogens with one attached hydrogen (secondary N) is 3. The van der Waals surface area contributed by atoms with Crippen LogP contribution in [-0.2, 0) is 10.2 Å². The maximum atomic E-state index is 12.4. The summed E-state index contributed by atoms with van der Waals surface area (Å²) in [6, 6.07) is 4.15. The maximum Gasteiger partial charge on any atom is 0.329 e. The molecular weight excluding hydrogens is 432 g/mol. The molecule has 1 aromatic carbocycles. The van der Waals surface area contributed by atoms with Crippen molar-refractivity contribution < 1.29 is 22.7 Å². The van der Waals surface area contributed by atoms with Gasteiger partial charge in [0.15, 0.2) is 0 Å². The number of amides is 3. The van der Waals surface area contributed by atoms with Crippen LogP contribution in [0.2, 0.25) is 5.02 Å². The molecular formula is C19H29ClN4O5S. The lowest BCUT2D eigenvalue weighted by Crippen LogP contribution is -2.49. The molecule has 1 aromatic rings. The second-order valence-corrected chi connectivity index (χ2v) is 9.20. The zero-order chi connectivity index (χ0) is 22.1. The van der Waals surface area contributed by atoms with Crippen molar-refractivity contribution in [2.75, 3.05) is 33.3 Å². The van der Waals surface area contributed by atoms with Gasteiger partial charge in [0, 0.05) is 31.2 Å². The minimum atomic E-state index is -3.84. The third-order valence-electron chi connectivity index (χ3n) is 4.91. The number of urea groups is 1. The van der Waals surface area contributed by atoms with Gasteiger partial charge in [-0.2, -0.15) is 12.7 Å². The molecule has 0 atom stereocenters. The van der Waals surface area contributed by atoms with Gasteiger partial charge in [-0.1, -0.05) is 18.5 Å². The van der Waals surface area contributed by atoms with Crippen LogP contribution in [0.3, 0.4) is 0 Å². The van der Waals surface area contributed by atoms with Gasteiger partial charge < -0.3 is 15.4 Å². The van der Waals surface area contributed by atoms with Crippen LogP contribution in [-0.4, -0.2) is 58.0 Å². The molecule has 2 rings (SSSR count). The average Bonchev–Trinajstić information content (AvgIpc) is 2.72. The van der Waals surface area contributed by atoms with Crippen LogP contribution >= 0.6 is 11.6 Å². The zero-order valence-corrected chi connectivity index (χ0v) is 18.8. The van der Waals surface area contributed by atoms with E-state index in [4.69, 9.17) is 16.3 Å². The predicted molar refractivity (Wildman–Crippen MR) is 115 cm³/mol. The molecule has 0 saturated carbocycles. The molecule has 30 heavy (non-hydrogen) atoms. The van der Waals surface area contributed by atoms with Crippen LogP contribution in [0.5, 0.6) is 5.75 Å². The highest BCUT2D eigenvalue weighted by Crippen LogP contribution is 2.24. The van der Waals surface area contributed by atoms with Gasteiger partial charge in [0.05, 0.1) is 12.7 Å². The highest BCUT2D eigenvalue weighted by atomic mass is 35.5. The van der Waals surface area contributed by atoms with Gasteiger partial charge >= 0.3 is 16.2 Å². The molecule has 0 aliphatic carbocycles. The summed E-state index contributed by atoms with van der Waals surface area (Å²) in [5, 5.41) is 5.80. The number of rotatable bonds is 9. The molecule has 3 N–H and O–H groups in total. The van der Waals surface area contributed by atoms with Crippen LogP contribution in [0.4, 0.5) is 4.79 Å². The van der Waals surface area contributed by atoms with Crippen molar-refractivity contribution >= 4 is 33.7 Å². The first-order valence-corrected chi connectivity index (χ1v) is 11.8. The van der Waals surface area contributed by atoms with Gasteiger partial charge in [0.25, 0.3) is 5.91 Å². The smallest absolute Gasteiger partial charge is 0.329 e. The SMILES string of the molecule is CCCNC(=O)NS(=O)(=O)N1CCC(CCNC(=O)c2cc(Cl)ccc2OC)CC1. The minimum absolute atomic E-state index is 0.267. The molecule has 9 nitrogen and oxygen atoms in total. The van der Waals surface area contributed by atoms with Crippen molar-refractivity contribution in [3.8, 4) is 5.75 Å². The molecule has 11 heteroatoms. The fourth-order valence-corrected chi connectivity index (χ4v) is 4.54. The lowest BCUT2D eigenvalue weighted by atomic mass is 9.95. The number of benzene rings is 1. The standard InChI is InChI=1S/C19H29ClN4O5S/c1-3-9-22-19(26)23-30(27,28)24-11-7-14(8-12-24)6-10-21-18(25)16-13-15(20)4-5-17(16)29-2/h4-5,13-14H,3,6-12H2,1-2H3,(H,21,25)(H2,22,23,26). The quantitative estimate of drug-likeness (QED) is 0.522. The van der Waals surface area contributed by atoms with E-state index in [1.54, 1.807) is 18.2 Å². The summed E-state index contributed by atoms with van der Waals surface area (Å²) in [5.74, 6) is 0.467. The summed E-state index contributed by atoms with van der Waals surface area (Å²) in [7, 11) is -2.35. The molecule has 0 unspecified atom stereocenters. The van der Waals surface area contributed by atoms with Gasteiger partial charge in [0.1, 0.15) is 5.75 Å². The van der Waals surface area contributed by atoms with Gasteiger partial charge in [-0.15, -0.1) is 0 Å². The van der Waals surface area contributed by atoms with E-state index >= 15 is 0 Å². The fourth-order valence-electron chi connectivity index (χ4n) is 3.24. The molecule has 3 amide bonds. The van der Waals surface area contributed by atoms with E-state index in [9.17, 15) is 18.0 Å². The molecule has 1 heterocycles. The lowest BCUT2D eigenvalue weighted by molar-refractivity contribution is 0.0947. The lowest BCUT2D eigenvalue weighted by Gasteiger charge is -2.31. The summed E-state index contributed by atoms with van der Waals surface area (Å²) in [5.41, 5.74) is 0.373. The maximum absolute atomic E-state index is 12.4. The third-order valence-corrected chi connectivity index (χ3v) is 6.64. The average molecular weight is 461 g/mol. The van der Waals surface area contributed by atoms with E-state index in [-0.39, 0.29) is 11.8 Å². The largest absolute Gasteiger partial charge is 0.496 e. The topological polar surface area (TPSA) is 117 Å². The van der Waals surface area contributed by atoms with Crippen molar-refractivity contribution in [1.82, 2.24) is 19.7 Å². The number of halogens is 1. The summed E-state index contributed by atoms with van der Waals surface area (Å²) in [6.45, 7) is 3.42. The predicted octanol–water partition coefficient (Wildman–Crippen LogP) is 2.13. The Morgan fingerprint density at radius 1 is 1.20 bits per heavy atom. The number of piperidine rings is 1. The first-order chi connectivity index (χ1) is 14.3. The van der Waals surface area contributed by atoms with Crippen molar-refractivity contribution in [2.24, 2.45) is 5.92 Å². The number of hydrogen-bond donors (Lipinski definition) is 3. The minimum Gasteiger partial charge on any atom is -0.496 e. The van der Waals surface area contributed by atoms with Crippen LogP contribution < -0.4 is 20.1 Å². The number of ether oxygens (including phenoxy) is 1. The van der Waals surface area contributed by atoms with Crippen LogP contribution in [0.1, 0.15) is 43.0 Å². The Hall–Kier alpha value is -2.04. The molecule has 168 valence electrons. The Morgan fingerprint density at radius 2 is 1.90 bits per heavy atom. The second kappa shape index (κ2) is 11.4. The number of carbonyl (C=O) groups excluding carboxylic acids is 2. The number of hydrogen-bond acceptors (Lipinski definition) is 5. The first kappa shape index (κ1) is 24.2. The van der Waals surface area contributed by atoms with E-state index in [0.717, 1.165) is 12.8 Å². The van der Waals surface area contributed by atoms with Gasteiger partial charge in [-0.25, -0.2) is 9.52 Å². The van der Waals surface area contributed by atoms with E-state index in [1.165, 1.54) is 11.4 Å². The van der Waals surface area contributed by atoms with E-state index < -0.39 is 16.2 Å². The van der Waals surface area contributed by atoms with Crippen molar-refractivity contribution in [1.29, 1.82) is 0 Å².